The van der Waals surface area contributed by atoms with Crippen LogP contribution in [0.5, 0.6) is 0 Å². The van der Waals surface area contributed by atoms with Crippen LogP contribution >= 0.6 is 0 Å². The summed E-state index contributed by atoms with van der Waals surface area (Å²) >= 11 is 0. The summed E-state index contributed by atoms with van der Waals surface area (Å²) in [6.07, 6.45) is 2.38. The van der Waals surface area contributed by atoms with Gasteiger partial charge in [-0.1, -0.05) is 32.0 Å². The largest absolute Gasteiger partial charge is 0.382 e. The Morgan fingerprint density at radius 1 is 1.19 bits per heavy atom. The summed E-state index contributed by atoms with van der Waals surface area (Å²) in [7, 11) is 1.75. The molecule has 1 rings (SSSR count). The first-order chi connectivity index (χ1) is 7.72. The molecule has 0 saturated heterocycles. The molecule has 90 valence electrons. The lowest BCUT2D eigenvalue weighted by Crippen LogP contribution is -2.19. The van der Waals surface area contributed by atoms with Gasteiger partial charge in [0.25, 0.3) is 0 Å². The van der Waals surface area contributed by atoms with Crippen molar-refractivity contribution in [3.63, 3.8) is 0 Å². The van der Waals surface area contributed by atoms with Crippen LogP contribution in [0.4, 0.5) is 5.69 Å². The average molecular weight is 221 g/mol. The third kappa shape index (κ3) is 3.24. The number of ether oxygens (including phenoxy) is 1. The van der Waals surface area contributed by atoms with Crippen LogP contribution in [0.3, 0.4) is 0 Å². The standard InChI is InChI=1S/C14H23NO/c1-5-12-8-7-9-13(6-2)14(12)15-10-11(3)16-4/h7-9,11,15H,5-6,10H2,1-4H3. The summed E-state index contributed by atoms with van der Waals surface area (Å²) in [5.74, 6) is 0. The van der Waals surface area contributed by atoms with Crippen LogP contribution in [0.25, 0.3) is 0 Å². The van der Waals surface area contributed by atoms with Gasteiger partial charge in [-0.05, 0) is 30.9 Å². The molecule has 0 spiro atoms. The van der Waals surface area contributed by atoms with Crippen molar-refractivity contribution in [1.82, 2.24) is 0 Å². The van der Waals surface area contributed by atoms with E-state index in [2.05, 4.69) is 44.3 Å². The number of benzene rings is 1. The highest BCUT2D eigenvalue weighted by Crippen LogP contribution is 2.22. The quantitative estimate of drug-likeness (QED) is 0.796. The number of aryl methyl sites for hydroxylation is 2. The number of hydrogen-bond acceptors (Lipinski definition) is 2. The molecule has 1 aromatic carbocycles. The molecule has 16 heavy (non-hydrogen) atoms. The third-order valence-corrected chi connectivity index (χ3v) is 2.97. The van der Waals surface area contributed by atoms with Gasteiger partial charge in [-0.15, -0.1) is 0 Å². The van der Waals surface area contributed by atoms with Gasteiger partial charge in [0.05, 0.1) is 6.10 Å². The van der Waals surface area contributed by atoms with Crippen molar-refractivity contribution >= 4 is 5.69 Å². The van der Waals surface area contributed by atoms with E-state index in [0.29, 0.717) is 0 Å². The van der Waals surface area contributed by atoms with E-state index in [1.165, 1.54) is 16.8 Å². The summed E-state index contributed by atoms with van der Waals surface area (Å²) in [6, 6.07) is 6.53. The van der Waals surface area contributed by atoms with Crippen LogP contribution in [-0.2, 0) is 17.6 Å². The average Bonchev–Trinajstić information content (AvgIpc) is 2.35. The van der Waals surface area contributed by atoms with Gasteiger partial charge in [0, 0.05) is 19.3 Å². The molecular formula is C14H23NO. The molecule has 0 aliphatic rings. The van der Waals surface area contributed by atoms with Crippen molar-refractivity contribution in [2.45, 2.75) is 39.7 Å². The van der Waals surface area contributed by atoms with Crippen LogP contribution in [0, 0.1) is 0 Å². The molecule has 0 aromatic heterocycles. The van der Waals surface area contributed by atoms with Gasteiger partial charge in [-0.2, -0.15) is 0 Å². The normalized spacial score (nSPS) is 12.5. The summed E-state index contributed by atoms with van der Waals surface area (Å²) in [5.41, 5.74) is 4.08. The van der Waals surface area contributed by atoms with Gasteiger partial charge in [0.1, 0.15) is 0 Å². The van der Waals surface area contributed by atoms with Crippen molar-refractivity contribution < 1.29 is 4.74 Å². The Morgan fingerprint density at radius 3 is 2.19 bits per heavy atom. The van der Waals surface area contributed by atoms with E-state index >= 15 is 0 Å². The minimum Gasteiger partial charge on any atom is -0.382 e. The zero-order chi connectivity index (χ0) is 12.0. The zero-order valence-electron chi connectivity index (χ0n) is 10.8. The molecule has 2 nitrogen and oxygen atoms in total. The van der Waals surface area contributed by atoms with E-state index in [-0.39, 0.29) is 6.10 Å². The van der Waals surface area contributed by atoms with Gasteiger partial charge < -0.3 is 10.1 Å². The van der Waals surface area contributed by atoms with Crippen molar-refractivity contribution in [1.29, 1.82) is 0 Å². The first-order valence-electron chi connectivity index (χ1n) is 6.10. The van der Waals surface area contributed by atoms with Crippen LogP contribution in [-0.4, -0.2) is 19.8 Å². The Kier molecular flexibility index (Phi) is 5.33. The molecule has 0 heterocycles. The summed E-state index contributed by atoms with van der Waals surface area (Å²) in [6.45, 7) is 7.33. The van der Waals surface area contributed by atoms with E-state index in [4.69, 9.17) is 4.74 Å². The molecule has 0 amide bonds. The Balaban J connectivity index is 2.82. The maximum absolute atomic E-state index is 5.26. The number of anilines is 1. The molecule has 0 aliphatic carbocycles. The number of rotatable bonds is 6. The Morgan fingerprint density at radius 2 is 1.75 bits per heavy atom. The Bertz CT molecular complexity index is 300. The van der Waals surface area contributed by atoms with Crippen LogP contribution in [0.1, 0.15) is 31.9 Å². The fraction of sp³-hybridized carbons (Fsp3) is 0.571. The van der Waals surface area contributed by atoms with Gasteiger partial charge in [0.15, 0.2) is 0 Å². The van der Waals surface area contributed by atoms with Crippen molar-refractivity contribution in [2.24, 2.45) is 0 Å². The van der Waals surface area contributed by atoms with Crippen LogP contribution in [0.2, 0.25) is 0 Å². The lowest BCUT2D eigenvalue weighted by Gasteiger charge is -2.17. The highest BCUT2D eigenvalue weighted by atomic mass is 16.5. The molecule has 0 aliphatic heterocycles. The fourth-order valence-electron chi connectivity index (χ4n) is 1.80. The number of para-hydroxylation sites is 1. The van der Waals surface area contributed by atoms with E-state index in [1.54, 1.807) is 7.11 Å². The highest BCUT2D eigenvalue weighted by Gasteiger charge is 2.07. The topological polar surface area (TPSA) is 21.3 Å². The van der Waals surface area contributed by atoms with Crippen molar-refractivity contribution in [3.05, 3.63) is 29.3 Å². The second-order valence-electron chi connectivity index (χ2n) is 4.09. The smallest absolute Gasteiger partial charge is 0.0715 e. The van der Waals surface area contributed by atoms with E-state index in [9.17, 15) is 0 Å². The first kappa shape index (κ1) is 13.0. The lowest BCUT2D eigenvalue weighted by molar-refractivity contribution is 0.129. The predicted octanol–water partition coefficient (Wildman–Crippen LogP) is 3.26. The number of nitrogens with one attached hydrogen (secondary N) is 1. The van der Waals surface area contributed by atoms with Crippen LogP contribution < -0.4 is 5.32 Å². The molecule has 0 fully saturated rings. The van der Waals surface area contributed by atoms with Gasteiger partial charge in [0.2, 0.25) is 0 Å². The summed E-state index contributed by atoms with van der Waals surface area (Å²) < 4.78 is 5.26. The monoisotopic (exact) mass is 221 g/mol. The zero-order valence-corrected chi connectivity index (χ0v) is 10.8. The Labute approximate surface area is 99.0 Å². The lowest BCUT2D eigenvalue weighted by atomic mass is 10.0. The van der Waals surface area contributed by atoms with Crippen LogP contribution in [0.15, 0.2) is 18.2 Å². The maximum atomic E-state index is 5.26. The molecule has 1 N–H and O–H groups in total. The summed E-state index contributed by atoms with van der Waals surface area (Å²) in [5, 5.41) is 3.51. The highest BCUT2D eigenvalue weighted by molar-refractivity contribution is 5.57. The second-order valence-corrected chi connectivity index (χ2v) is 4.09. The Hall–Kier alpha value is -1.02. The SMILES string of the molecule is CCc1cccc(CC)c1NCC(C)OC. The minimum absolute atomic E-state index is 0.245. The fourth-order valence-corrected chi connectivity index (χ4v) is 1.80. The molecule has 1 atom stereocenters. The molecule has 0 saturated carbocycles. The summed E-state index contributed by atoms with van der Waals surface area (Å²) in [4.78, 5) is 0. The van der Waals surface area contributed by atoms with E-state index < -0.39 is 0 Å². The third-order valence-electron chi connectivity index (χ3n) is 2.97. The number of hydrogen-bond donors (Lipinski definition) is 1. The predicted molar refractivity (Wildman–Crippen MR) is 70.2 cm³/mol. The van der Waals surface area contributed by atoms with E-state index in [0.717, 1.165) is 19.4 Å². The molecule has 0 radical (unpaired) electrons. The van der Waals surface area contributed by atoms with Crippen molar-refractivity contribution in [2.75, 3.05) is 19.0 Å². The number of methoxy groups -OCH3 is 1. The van der Waals surface area contributed by atoms with Gasteiger partial charge >= 0.3 is 0 Å². The van der Waals surface area contributed by atoms with Gasteiger partial charge in [-0.3, -0.25) is 0 Å². The maximum Gasteiger partial charge on any atom is 0.0715 e. The molecule has 1 aromatic rings. The molecule has 0 bridgehead atoms. The molecule has 2 heteroatoms. The van der Waals surface area contributed by atoms with E-state index in [1.807, 2.05) is 0 Å². The first-order valence-corrected chi connectivity index (χ1v) is 6.10. The van der Waals surface area contributed by atoms with Crippen molar-refractivity contribution in [3.8, 4) is 0 Å². The molecule has 1 unspecified atom stereocenters. The molecular weight excluding hydrogens is 198 g/mol. The second kappa shape index (κ2) is 6.54. The van der Waals surface area contributed by atoms with Gasteiger partial charge in [-0.25, -0.2) is 0 Å². The minimum atomic E-state index is 0.245.